The molecule has 3 N–H and O–H groups in total. The van der Waals surface area contributed by atoms with Crippen molar-refractivity contribution in [3.8, 4) is 0 Å². The van der Waals surface area contributed by atoms with Crippen LogP contribution in [0.15, 0.2) is 47.2 Å². The number of hydrogen-bond acceptors (Lipinski definition) is 4. The number of nitrogens with zero attached hydrogens (tertiary/aromatic N) is 2. The average molecular weight is 282 g/mol. The van der Waals surface area contributed by atoms with Crippen LogP contribution in [0.2, 0.25) is 0 Å². The van der Waals surface area contributed by atoms with E-state index in [-0.39, 0.29) is 23.7 Å². The Hall–Kier alpha value is -2.43. The lowest BCUT2D eigenvalue weighted by Crippen LogP contribution is -2.42. The van der Waals surface area contributed by atoms with E-state index < -0.39 is 0 Å². The van der Waals surface area contributed by atoms with Crippen molar-refractivity contribution in [3.05, 3.63) is 42.3 Å². The van der Waals surface area contributed by atoms with Crippen LogP contribution in [0.1, 0.15) is 13.8 Å². The number of anilines is 1. The molecule has 3 rings (SSSR count). The van der Waals surface area contributed by atoms with Crippen LogP contribution in [0.4, 0.5) is 11.5 Å². The van der Waals surface area contributed by atoms with Gasteiger partial charge in [0, 0.05) is 29.9 Å². The number of fused-ring (bicyclic) bond motifs is 1. The molecule has 108 valence electrons. The highest BCUT2D eigenvalue weighted by molar-refractivity contribution is 6.02. The Balaban J connectivity index is 2.04. The van der Waals surface area contributed by atoms with Crippen LogP contribution in [0.3, 0.4) is 0 Å². The lowest BCUT2D eigenvalue weighted by molar-refractivity contribution is -0.124. The van der Waals surface area contributed by atoms with Crippen molar-refractivity contribution < 1.29 is 4.79 Å². The summed E-state index contributed by atoms with van der Waals surface area (Å²) in [5.74, 6) is 0.755. The number of amides is 1. The number of aromatic nitrogens is 1. The van der Waals surface area contributed by atoms with Gasteiger partial charge in [-0.2, -0.15) is 0 Å². The molecule has 21 heavy (non-hydrogen) atoms. The van der Waals surface area contributed by atoms with Crippen LogP contribution in [-0.4, -0.2) is 16.6 Å². The molecular weight excluding hydrogens is 264 g/mol. The second-order valence-corrected chi connectivity index (χ2v) is 5.55. The largest absolute Gasteiger partial charge is 0.396 e. The van der Waals surface area contributed by atoms with E-state index in [1.807, 2.05) is 19.1 Å². The molecule has 2 aliphatic rings. The molecule has 0 radical (unpaired) electrons. The molecule has 1 aliphatic heterocycles. The van der Waals surface area contributed by atoms with E-state index >= 15 is 0 Å². The van der Waals surface area contributed by atoms with Gasteiger partial charge in [-0.1, -0.05) is 18.6 Å². The fraction of sp³-hybridized carbons (Fsp3) is 0.312. The average Bonchev–Trinajstić information content (AvgIpc) is 2.46. The summed E-state index contributed by atoms with van der Waals surface area (Å²) >= 11 is 0. The van der Waals surface area contributed by atoms with E-state index in [1.165, 1.54) is 0 Å². The molecule has 5 heteroatoms. The standard InChI is InChI=1S/C16H18N4O/c1-9-8-13(20-15-12(17)4-3-6-18-15)10(2)11-5-7-19-16(21)14(9)11/h3-8,10-11,14H,17H2,1-2H3,(H,19,21). The summed E-state index contributed by atoms with van der Waals surface area (Å²) in [6.45, 7) is 4.06. The van der Waals surface area contributed by atoms with Crippen molar-refractivity contribution in [2.75, 3.05) is 5.73 Å². The Labute approximate surface area is 123 Å². The molecule has 1 amide bonds. The molecule has 0 aromatic carbocycles. The van der Waals surface area contributed by atoms with Crippen LogP contribution in [0, 0.1) is 17.8 Å². The first-order valence-electron chi connectivity index (χ1n) is 7.02. The maximum Gasteiger partial charge on any atom is 0.231 e. The van der Waals surface area contributed by atoms with E-state index in [0.29, 0.717) is 11.5 Å². The first kappa shape index (κ1) is 13.5. The molecule has 0 bridgehead atoms. The third-order valence-electron chi connectivity index (χ3n) is 4.17. The summed E-state index contributed by atoms with van der Waals surface area (Å²) in [5.41, 5.74) is 8.40. The van der Waals surface area contributed by atoms with Gasteiger partial charge in [-0.15, -0.1) is 0 Å². The molecule has 3 atom stereocenters. The molecule has 0 fully saturated rings. The molecular formula is C16H18N4O. The zero-order chi connectivity index (χ0) is 15.0. The van der Waals surface area contributed by atoms with Gasteiger partial charge in [-0.3, -0.25) is 4.79 Å². The van der Waals surface area contributed by atoms with Crippen LogP contribution in [-0.2, 0) is 4.79 Å². The fourth-order valence-electron chi connectivity index (χ4n) is 2.99. The number of nitrogens with one attached hydrogen (secondary N) is 1. The normalized spacial score (nSPS) is 29.8. The van der Waals surface area contributed by atoms with Crippen molar-refractivity contribution in [2.45, 2.75) is 13.8 Å². The minimum absolute atomic E-state index is 0.0551. The minimum Gasteiger partial charge on any atom is -0.396 e. The number of pyridine rings is 1. The predicted molar refractivity (Wildman–Crippen MR) is 82.9 cm³/mol. The Morgan fingerprint density at radius 1 is 1.43 bits per heavy atom. The fourth-order valence-corrected chi connectivity index (χ4v) is 2.99. The maximum absolute atomic E-state index is 12.0. The van der Waals surface area contributed by atoms with Crippen molar-refractivity contribution in [1.29, 1.82) is 0 Å². The van der Waals surface area contributed by atoms with Gasteiger partial charge in [-0.05, 0) is 25.1 Å². The van der Waals surface area contributed by atoms with Crippen molar-refractivity contribution >= 4 is 23.1 Å². The number of aliphatic imine (C=N–C) groups is 1. The van der Waals surface area contributed by atoms with E-state index in [4.69, 9.17) is 5.73 Å². The second-order valence-electron chi connectivity index (χ2n) is 5.55. The Morgan fingerprint density at radius 3 is 3.00 bits per heavy atom. The zero-order valence-corrected chi connectivity index (χ0v) is 12.1. The highest BCUT2D eigenvalue weighted by Crippen LogP contribution is 2.37. The van der Waals surface area contributed by atoms with E-state index in [1.54, 1.807) is 24.5 Å². The molecule has 0 saturated carbocycles. The van der Waals surface area contributed by atoms with Gasteiger partial charge in [-0.25, -0.2) is 9.98 Å². The lowest BCUT2D eigenvalue weighted by Gasteiger charge is -2.36. The summed E-state index contributed by atoms with van der Waals surface area (Å²) in [4.78, 5) is 20.8. The number of carbonyl (C=O) groups is 1. The smallest absolute Gasteiger partial charge is 0.231 e. The zero-order valence-electron chi connectivity index (χ0n) is 12.1. The summed E-state index contributed by atoms with van der Waals surface area (Å²) in [6, 6.07) is 3.57. The van der Waals surface area contributed by atoms with E-state index in [9.17, 15) is 4.79 Å². The summed E-state index contributed by atoms with van der Waals surface area (Å²) in [6.07, 6.45) is 7.44. The topological polar surface area (TPSA) is 80.4 Å². The van der Waals surface area contributed by atoms with Crippen molar-refractivity contribution in [2.24, 2.45) is 22.7 Å². The van der Waals surface area contributed by atoms with Gasteiger partial charge in [0.05, 0.1) is 11.6 Å². The summed E-state index contributed by atoms with van der Waals surface area (Å²) in [5, 5.41) is 2.77. The van der Waals surface area contributed by atoms with Crippen LogP contribution >= 0.6 is 0 Å². The first-order valence-corrected chi connectivity index (χ1v) is 7.02. The maximum atomic E-state index is 12.0. The predicted octanol–water partition coefficient (Wildman–Crippen LogP) is 2.21. The third-order valence-corrected chi connectivity index (χ3v) is 4.17. The minimum atomic E-state index is -0.106. The van der Waals surface area contributed by atoms with Gasteiger partial charge in [0.1, 0.15) is 0 Å². The first-order chi connectivity index (χ1) is 10.1. The number of allylic oxidation sites excluding steroid dienone is 2. The van der Waals surface area contributed by atoms with Gasteiger partial charge in [0.2, 0.25) is 5.91 Å². The van der Waals surface area contributed by atoms with Crippen LogP contribution in [0.25, 0.3) is 0 Å². The molecule has 1 aromatic rings. The molecule has 0 spiro atoms. The summed E-state index contributed by atoms with van der Waals surface area (Å²) < 4.78 is 0. The molecule has 1 aliphatic carbocycles. The highest BCUT2D eigenvalue weighted by atomic mass is 16.1. The monoisotopic (exact) mass is 282 g/mol. The Kier molecular flexibility index (Phi) is 3.33. The van der Waals surface area contributed by atoms with Crippen LogP contribution in [0.5, 0.6) is 0 Å². The quantitative estimate of drug-likeness (QED) is 0.828. The molecule has 5 nitrogen and oxygen atoms in total. The lowest BCUT2D eigenvalue weighted by atomic mass is 9.70. The number of nitrogens with two attached hydrogens (primary N) is 1. The third kappa shape index (κ3) is 2.35. The van der Waals surface area contributed by atoms with Crippen molar-refractivity contribution in [1.82, 2.24) is 10.3 Å². The summed E-state index contributed by atoms with van der Waals surface area (Å²) in [7, 11) is 0. The second kappa shape index (κ2) is 5.16. The molecule has 2 heterocycles. The molecule has 0 saturated heterocycles. The number of hydrogen-bond donors (Lipinski definition) is 2. The molecule has 1 aromatic heterocycles. The SMILES string of the molecule is CC1=CC(=Nc2ncccc2N)C(C)C2C=CNC(=O)C12. The molecule has 3 unspecified atom stereocenters. The van der Waals surface area contributed by atoms with Gasteiger partial charge < -0.3 is 11.1 Å². The Bertz CT molecular complexity index is 675. The highest BCUT2D eigenvalue weighted by Gasteiger charge is 2.38. The van der Waals surface area contributed by atoms with Crippen molar-refractivity contribution in [3.63, 3.8) is 0 Å². The van der Waals surface area contributed by atoms with E-state index in [2.05, 4.69) is 22.2 Å². The van der Waals surface area contributed by atoms with Crippen LogP contribution < -0.4 is 11.1 Å². The Morgan fingerprint density at radius 2 is 2.24 bits per heavy atom. The van der Waals surface area contributed by atoms with Gasteiger partial charge >= 0.3 is 0 Å². The van der Waals surface area contributed by atoms with Gasteiger partial charge in [0.15, 0.2) is 5.82 Å². The number of carbonyl (C=O) groups excluding carboxylic acids is 1. The number of nitrogen functional groups attached to an aromatic ring is 1. The van der Waals surface area contributed by atoms with Gasteiger partial charge in [0.25, 0.3) is 0 Å². The van der Waals surface area contributed by atoms with E-state index in [0.717, 1.165) is 11.3 Å². The number of rotatable bonds is 1.